The van der Waals surface area contributed by atoms with Gasteiger partial charge >= 0.3 is 5.56 Å². The first-order valence-corrected chi connectivity index (χ1v) is 10.4. The maximum Gasteiger partial charge on any atom is 0.311 e. The van der Waals surface area contributed by atoms with E-state index < -0.39 is 11.4 Å². The highest BCUT2D eigenvalue weighted by Crippen LogP contribution is 2.30. The number of hydrogen-bond acceptors (Lipinski definition) is 6. The fraction of sp³-hybridized carbons (Fsp3) is 0.400. The van der Waals surface area contributed by atoms with E-state index in [0.29, 0.717) is 29.6 Å². The summed E-state index contributed by atoms with van der Waals surface area (Å²) in [7, 11) is 0. The van der Waals surface area contributed by atoms with Gasteiger partial charge in [0.2, 0.25) is 21.8 Å². The van der Waals surface area contributed by atoms with Crippen molar-refractivity contribution in [2.75, 3.05) is 11.4 Å². The Balaban J connectivity index is 1.58. The normalized spacial score (nSPS) is 16.7. The number of amides is 1. The quantitative estimate of drug-likeness (QED) is 0.693. The van der Waals surface area contributed by atoms with Crippen LogP contribution in [0.4, 0.5) is 9.52 Å². The number of aromatic nitrogens is 3. The second-order valence-corrected chi connectivity index (χ2v) is 8.34. The average Bonchev–Trinajstić information content (AvgIpc) is 3.36. The number of rotatable bonds is 5. The first-order valence-electron chi connectivity index (χ1n) is 9.63. The Morgan fingerprint density at radius 2 is 2.10 bits per heavy atom. The number of nitrogens with one attached hydrogen (secondary N) is 1. The standard InChI is InChI=1S/C20H22FN5O2S/c1-12(2)16-15(21)18(28)26-19(23-16)29-20(24-26)25-10-6-9-14(25)17(27)22-11-13-7-4-3-5-8-13/h3-5,7-8,12,14H,6,9-11H2,1-2H3,(H,22,27)/t14-/m1/s1. The van der Waals surface area contributed by atoms with E-state index in [9.17, 15) is 14.0 Å². The topological polar surface area (TPSA) is 79.6 Å². The highest BCUT2D eigenvalue weighted by molar-refractivity contribution is 7.20. The van der Waals surface area contributed by atoms with Gasteiger partial charge in [-0.05, 0) is 24.3 Å². The van der Waals surface area contributed by atoms with Crippen LogP contribution in [-0.2, 0) is 11.3 Å². The van der Waals surface area contributed by atoms with Gasteiger partial charge in [0.15, 0.2) is 0 Å². The molecule has 1 aliphatic rings. The molecule has 0 aliphatic carbocycles. The number of nitrogens with zero attached hydrogens (tertiary/aromatic N) is 4. The van der Waals surface area contributed by atoms with E-state index in [1.165, 1.54) is 11.3 Å². The molecular formula is C20H22FN5O2S. The fourth-order valence-electron chi connectivity index (χ4n) is 3.50. The molecule has 1 N–H and O–H groups in total. The van der Waals surface area contributed by atoms with Crippen molar-refractivity contribution in [1.29, 1.82) is 0 Å². The maximum atomic E-state index is 14.3. The Hall–Kier alpha value is -2.81. The van der Waals surface area contributed by atoms with Crippen molar-refractivity contribution in [2.24, 2.45) is 0 Å². The number of benzene rings is 1. The first kappa shape index (κ1) is 19.5. The molecule has 0 spiro atoms. The third kappa shape index (κ3) is 3.74. The van der Waals surface area contributed by atoms with Crippen LogP contribution in [0.5, 0.6) is 0 Å². The van der Waals surface area contributed by atoms with Crippen LogP contribution < -0.4 is 15.8 Å². The molecule has 0 bridgehead atoms. The van der Waals surface area contributed by atoms with E-state index >= 15 is 0 Å². The van der Waals surface area contributed by atoms with Gasteiger partial charge in [0.25, 0.3) is 0 Å². The minimum Gasteiger partial charge on any atom is -0.350 e. The third-order valence-electron chi connectivity index (χ3n) is 5.03. The van der Waals surface area contributed by atoms with Crippen LogP contribution in [0.15, 0.2) is 35.1 Å². The smallest absolute Gasteiger partial charge is 0.311 e. The summed E-state index contributed by atoms with van der Waals surface area (Å²) >= 11 is 1.20. The molecule has 2 aromatic heterocycles. The van der Waals surface area contributed by atoms with Gasteiger partial charge in [0.05, 0.1) is 5.69 Å². The highest BCUT2D eigenvalue weighted by atomic mass is 32.1. The zero-order valence-electron chi connectivity index (χ0n) is 16.3. The Bertz CT molecular complexity index is 1100. The second kappa shape index (κ2) is 7.90. The van der Waals surface area contributed by atoms with Gasteiger partial charge < -0.3 is 10.2 Å². The Labute approximate surface area is 171 Å². The molecule has 0 saturated carbocycles. The van der Waals surface area contributed by atoms with Crippen molar-refractivity contribution in [3.8, 4) is 0 Å². The van der Waals surface area contributed by atoms with Crippen molar-refractivity contribution >= 4 is 27.3 Å². The highest BCUT2D eigenvalue weighted by Gasteiger charge is 2.33. The number of fused-ring (bicyclic) bond motifs is 1. The van der Waals surface area contributed by atoms with Crippen LogP contribution in [0.3, 0.4) is 0 Å². The minimum atomic E-state index is -0.868. The summed E-state index contributed by atoms with van der Waals surface area (Å²) in [5.74, 6) is -1.16. The molecule has 4 rings (SSSR count). The first-order chi connectivity index (χ1) is 14.0. The van der Waals surface area contributed by atoms with E-state index in [1.54, 1.807) is 13.8 Å². The van der Waals surface area contributed by atoms with Gasteiger partial charge in [-0.1, -0.05) is 55.5 Å². The summed E-state index contributed by atoms with van der Waals surface area (Å²) in [6.45, 7) is 4.68. The van der Waals surface area contributed by atoms with Crippen molar-refractivity contribution in [1.82, 2.24) is 19.9 Å². The van der Waals surface area contributed by atoms with Crippen LogP contribution in [0.25, 0.3) is 4.96 Å². The monoisotopic (exact) mass is 415 g/mol. The SMILES string of the molecule is CC(C)c1nc2sc(N3CCC[C@@H]3C(=O)NCc3ccccc3)nn2c(=O)c1F. The predicted molar refractivity (Wildman–Crippen MR) is 110 cm³/mol. The summed E-state index contributed by atoms with van der Waals surface area (Å²) < 4.78 is 15.3. The van der Waals surface area contributed by atoms with Crippen LogP contribution in [0.1, 0.15) is 43.9 Å². The van der Waals surface area contributed by atoms with E-state index in [0.717, 1.165) is 16.5 Å². The molecule has 1 saturated heterocycles. The number of anilines is 1. The number of hydrogen-bond donors (Lipinski definition) is 1. The Kier molecular flexibility index (Phi) is 5.31. The van der Waals surface area contributed by atoms with Crippen molar-refractivity contribution in [3.63, 3.8) is 0 Å². The summed E-state index contributed by atoms with van der Waals surface area (Å²) in [4.78, 5) is 31.6. The zero-order valence-corrected chi connectivity index (χ0v) is 17.1. The van der Waals surface area contributed by atoms with Gasteiger partial charge in [0.1, 0.15) is 6.04 Å². The molecule has 9 heteroatoms. The van der Waals surface area contributed by atoms with E-state index in [1.807, 2.05) is 35.2 Å². The molecule has 3 heterocycles. The lowest BCUT2D eigenvalue weighted by molar-refractivity contribution is -0.122. The van der Waals surface area contributed by atoms with Crippen LogP contribution in [0, 0.1) is 5.82 Å². The molecule has 1 aromatic carbocycles. The average molecular weight is 415 g/mol. The molecule has 152 valence electrons. The molecule has 29 heavy (non-hydrogen) atoms. The molecule has 1 amide bonds. The van der Waals surface area contributed by atoms with Gasteiger partial charge in [-0.2, -0.15) is 8.91 Å². The van der Waals surface area contributed by atoms with Crippen molar-refractivity contribution in [3.05, 3.63) is 57.8 Å². The third-order valence-corrected chi connectivity index (χ3v) is 5.97. The van der Waals surface area contributed by atoms with Crippen LogP contribution in [-0.4, -0.2) is 33.1 Å². The molecule has 1 fully saturated rings. The summed E-state index contributed by atoms with van der Waals surface area (Å²) in [5.41, 5.74) is 0.368. The number of carbonyl (C=O) groups is 1. The molecule has 0 unspecified atom stereocenters. The lowest BCUT2D eigenvalue weighted by Crippen LogP contribution is -2.43. The maximum absolute atomic E-state index is 14.3. The minimum absolute atomic E-state index is 0.0834. The predicted octanol–water partition coefficient (Wildman–Crippen LogP) is 2.70. The van der Waals surface area contributed by atoms with Gasteiger partial charge in [-0.15, -0.1) is 5.10 Å². The lowest BCUT2D eigenvalue weighted by Gasteiger charge is -2.22. The van der Waals surface area contributed by atoms with Crippen LogP contribution in [0.2, 0.25) is 0 Å². The van der Waals surface area contributed by atoms with E-state index in [4.69, 9.17) is 0 Å². The van der Waals surface area contributed by atoms with Crippen molar-refractivity contribution < 1.29 is 9.18 Å². The second-order valence-electron chi connectivity index (χ2n) is 7.40. The van der Waals surface area contributed by atoms with Crippen LogP contribution >= 0.6 is 11.3 Å². The molecule has 3 aromatic rings. The molecular weight excluding hydrogens is 393 g/mol. The van der Waals surface area contributed by atoms with E-state index in [-0.39, 0.29) is 23.6 Å². The Morgan fingerprint density at radius 3 is 2.83 bits per heavy atom. The van der Waals surface area contributed by atoms with Gasteiger partial charge in [-0.3, -0.25) is 9.59 Å². The zero-order chi connectivity index (χ0) is 20.5. The summed E-state index contributed by atoms with van der Waals surface area (Å²) in [6.07, 6.45) is 1.54. The number of halogens is 1. The Morgan fingerprint density at radius 1 is 1.34 bits per heavy atom. The molecule has 0 radical (unpaired) electrons. The van der Waals surface area contributed by atoms with Gasteiger partial charge in [0, 0.05) is 13.1 Å². The van der Waals surface area contributed by atoms with Crippen molar-refractivity contribution in [2.45, 2.75) is 45.2 Å². The van der Waals surface area contributed by atoms with E-state index in [2.05, 4.69) is 15.4 Å². The summed E-state index contributed by atoms with van der Waals surface area (Å²) in [5, 5.41) is 7.75. The largest absolute Gasteiger partial charge is 0.350 e. The number of carbonyl (C=O) groups excluding carboxylic acids is 1. The summed E-state index contributed by atoms with van der Waals surface area (Å²) in [6, 6.07) is 9.34. The molecule has 1 aliphatic heterocycles. The molecule has 7 nitrogen and oxygen atoms in total. The fourth-order valence-corrected chi connectivity index (χ4v) is 4.48. The molecule has 1 atom stereocenters. The van der Waals surface area contributed by atoms with Gasteiger partial charge in [-0.25, -0.2) is 4.98 Å². The lowest BCUT2D eigenvalue weighted by atomic mass is 10.1.